The van der Waals surface area contributed by atoms with Crippen molar-refractivity contribution in [2.24, 2.45) is 0 Å². The SMILES string of the molecule is COc1ccc(NS(=O)(=O)c2ccc(NC(=O)c3ccc(CN4CCCC4)cc3)cc2)cc1. The Morgan fingerprint density at radius 1 is 0.879 bits per heavy atom. The monoisotopic (exact) mass is 465 g/mol. The Labute approximate surface area is 194 Å². The van der Waals surface area contributed by atoms with Gasteiger partial charge in [0.05, 0.1) is 12.0 Å². The maximum atomic E-state index is 12.6. The molecule has 3 aromatic carbocycles. The van der Waals surface area contributed by atoms with Gasteiger partial charge < -0.3 is 10.1 Å². The van der Waals surface area contributed by atoms with Crippen molar-refractivity contribution in [2.45, 2.75) is 24.3 Å². The summed E-state index contributed by atoms with van der Waals surface area (Å²) >= 11 is 0. The average Bonchev–Trinajstić information content (AvgIpc) is 3.33. The standard InChI is InChI=1S/C25H27N3O4S/c1-32-23-12-8-22(9-13-23)27-33(30,31)24-14-10-21(11-15-24)26-25(29)20-6-4-19(5-7-20)18-28-16-2-3-17-28/h4-15,27H,2-3,16-18H2,1H3,(H,26,29). The van der Waals surface area contributed by atoms with E-state index in [1.54, 1.807) is 43.5 Å². The molecular formula is C25H27N3O4S. The second kappa shape index (κ2) is 10.1. The lowest BCUT2D eigenvalue weighted by Gasteiger charge is -2.14. The molecule has 0 spiro atoms. The molecule has 4 rings (SSSR count). The Bertz CT molecular complexity index is 1190. The van der Waals surface area contributed by atoms with E-state index in [9.17, 15) is 13.2 Å². The number of sulfonamides is 1. The highest BCUT2D eigenvalue weighted by Crippen LogP contribution is 2.21. The molecule has 172 valence electrons. The molecule has 8 heteroatoms. The molecular weight excluding hydrogens is 438 g/mol. The Morgan fingerprint density at radius 3 is 2.09 bits per heavy atom. The molecule has 0 atom stereocenters. The molecule has 0 bridgehead atoms. The number of likely N-dealkylation sites (tertiary alicyclic amines) is 1. The summed E-state index contributed by atoms with van der Waals surface area (Å²) in [6.45, 7) is 3.16. The van der Waals surface area contributed by atoms with Gasteiger partial charge in [-0.1, -0.05) is 12.1 Å². The Hall–Kier alpha value is -3.36. The number of amides is 1. The summed E-state index contributed by atoms with van der Waals surface area (Å²) in [6, 6.07) is 20.3. The van der Waals surface area contributed by atoms with Crippen molar-refractivity contribution < 1.29 is 17.9 Å². The van der Waals surface area contributed by atoms with E-state index in [4.69, 9.17) is 4.74 Å². The molecule has 1 fully saturated rings. The first kappa shape index (κ1) is 22.8. The Balaban J connectivity index is 1.36. The number of hydrogen-bond acceptors (Lipinski definition) is 5. The van der Waals surface area contributed by atoms with Crippen LogP contribution >= 0.6 is 0 Å². The van der Waals surface area contributed by atoms with Crippen molar-refractivity contribution in [3.05, 3.63) is 83.9 Å². The summed E-state index contributed by atoms with van der Waals surface area (Å²) in [5.74, 6) is 0.397. The fraction of sp³-hybridized carbons (Fsp3) is 0.240. The number of ether oxygens (including phenoxy) is 1. The fourth-order valence-corrected chi connectivity index (χ4v) is 4.81. The lowest BCUT2D eigenvalue weighted by atomic mass is 10.1. The third-order valence-corrected chi connectivity index (χ3v) is 6.98. The Kier molecular flexibility index (Phi) is 6.96. The topological polar surface area (TPSA) is 87.7 Å². The number of nitrogens with one attached hydrogen (secondary N) is 2. The molecule has 0 unspecified atom stereocenters. The summed E-state index contributed by atoms with van der Waals surface area (Å²) < 4.78 is 32.9. The summed E-state index contributed by atoms with van der Waals surface area (Å²) in [4.78, 5) is 15.1. The van der Waals surface area contributed by atoms with Crippen LogP contribution in [0.5, 0.6) is 5.75 Å². The number of hydrogen-bond donors (Lipinski definition) is 2. The van der Waals surface area contributed by atoms with Gasteiger partial charge in [0.2, 0.25) is 0 Å². The van der Waals surface area contributed by atoms with Gasteiger partial charge in [-0.25, -0.2) is 8.42 Å². The summed E-state index contributed by atoms with van der Waals surface area (Å²) in [5, 5.41) is 2.81. The molecule has 0 saturated carbocycles. The minimum Gasteiger partial charge on any atom is -0.497 e. The first-order chi connectivity index (χ1) is 15.9. The van der Waals surface area contributed by atoms with Crippen LogP contribution in [0.4, 0.5) is 11.4 Å². The number of nitrogens with zero attached hydrogens (tertiary/aromatic N) is 1. The second-order valence-corrected chi connectivity index (χ2v) is 9.68. The summed E-state index contributed by atoms with van der Waals surface area (Å²) in [6.07, 6.45) is 2.50. The van der Waals surface area contributed by atoms with Crippen LogP contribution in [0.1, 0.15) is 28.8 Å². The van der Waals surface area contributed by atoms with E-state index < -0.39 is 10.0 Å². The van der Waals surface area contributed by atoms with Gasteiger partial charge in [-0.15, -0.1) is 0 Å². The molecule has 33 heavy (non-hydrogen) atoms. The zero-order valence-corrected chi connectivity index (χ0v) is 19.3. The molecule has 1 aliphatic heterocycles. The van der Waals surface area contributed by atoms with Crippen molar-refractivity contribution in [1.82, 2.24) is 4.90 Å². The molecule has 1 saturated heterocycles. The van der Waals surface area contributed by atoms with Gasteiger partial charge in [-0.3, -0.25) is 14.4 Å². The molecule has 1 aliphatic rings. The number of benzene rings is 3. The van der Waals surface area contributed by atoms with E-state index >= 15 is 0 Å². The van der Waals surface area contributed by atoms with Crippen molar-refractivity contribution in [1.29, 1.82) is 0 Å². The van der Waals surface area contributed by atoms with Gasteiger partial charge in [-0.05, 0) is 92.2 Å². The van der Waals surface area contributed by atoms with Gasteiger partial charge in [0.25, 0.3) is 15.9 Å². The molecule has 7 nitrogen and oxygen atoms in total. The molecule has 2 N–H and O–H groups in total. The molecule has 1 heterocycles. The smallest absolute Gasteiger partial charge is 0.261 e. The quantitative estimate of drug-likeness (QED) is 0.517. The van der Waals surface area contributed by atoms with Crippen LogP contribution in [0.15, 0.2) is 77.7 Å². The molecule has 0 aromatic heterocycles. The van der Waals surface area contributed by atoms with Gasteiger partial charge in [0, 0.05) is 23.5 Å². The fourth-order valence-electron chi connectivity index (χ4n) is 3.75. The number of carbonyl (C=O) groups is 1. The van der Waals surface area contributed by atoms with E-state index in [2.05, 4.69) is 14.9 Å². The zero-order chi connectivity index (χ0) is 23.3. The van der Waals surface area contributed by atoms with E-state index in [1.165, 1.54) is 30.5 Å². The first-order valence-corrected chi connectivity index (χ1v) is 12.3. The van der Waals surface area contributed by atoms with Crippen LogP contribution < -0.4 is 14.8 Å². The highest BCUT2D eigenvalue weighted by atomic mass is 32.2. The Morgan fingerprint density at radius 2 is 1.48 bits per heavy atom. The molecule has 3 aromatic rings. The largest absolute Gasteiger partial charge is 0.497 e. The predicted molar refractivity (Wildman–Crippen MR) is 129 cm³/mol. The number of carbonyl (C=O) groups excluding carboxylic acids is 1. The van der Waals surface area contributed by atoms with Gasteiger partial charge in [0.1, 0.15) is 5.75 Å². The predicted octanol–water partition coefficient (Wildman–Crippen LogP) is 4.34. The van der Waals surface area contributed by atoms with E-state index in [1.807, 2.05) is 24.3 Å². The van der Waals surface area contributed by atoms with Crippen LogP contribution in [0.3, 0.4) is 0 Å². The first-order valence-electron chi connectivity index (χ1n) is 10.8. The van der Waals surface area contributed by atoms with Crippen molar-refractivity contribution in [2.75, 3.05) is 30.2 Å². The average molecular weight is 466 g/mol. The van der Waals surface area contributed by atoms with Crippen LogP contribution in [0, 0.1) is 0 Å². The number of anilines is 2. The summed E-state index contributed by atoms with van der Waals surface area (Å²) in [5.41, 5.74) is 2.69. The lowest BCUT2D eigenvalue weighted by Crippen LogP contribution is -2.18. The highest BCUT2D eigenvalue weighted by molar-refractivity contribution is 7.92. The molecule has 1 amide bonds. The maximum absolute atomic E-state index is 12.6. The van der Waals surface area contributed by atoms with Crippen molar-refractivity contribution in [3.8, 4) is 5.75 Å². The molecule has 0 radical (unpaired) electrons. The lowest BCUT2D eigenvalue weighted by molar-refractivity contribution is 0.102. The maximum Gasteiger partial charge on any atom is 0.261 e. The van der Waals surface area contributed by atoms with E-state index in [0.717, 1.165) is 19.6 Å². The zero-order valence-electron chi connectivity index (χ0n) is 18.5. The number of methoxy groups -OCH3 is 1. The van der Waals surface area contributed by atoms with Crippen molar-refractivity contribution >= 4 is 27.3 Å². The molecule has 0 aliphatic carbocycles. The van der Waals surface area contributed by atoms with Gasteiger partial charge in [-0.2, -0.15) is 0 Å². The minimum absolute atomic E-state index is 0.0996. The van der Waals surface area contributed by atoms with Crippen LogP contribution in [0.25, 0.3) is 0 Å². The second-order valence-electron chi connectivity index (χ2n) is 7.99. The van der Waals surface area contributed by atoms with Crippen LogP contribution in [-0.4, -0.2) is 39.4 Å². The minimum atomic E-state index is -3.75. The third kappa shape index (κ3) is 5.91. The third-order valence-electron chi connectivity index (χ3n) is 5.59. The van der Waals surface area contributed by atoms with Crippen molar-refractivity contribution in [3.63, 3.8) is 0 Å². The van der Waals surface area contributed by atoms with Gasteiger partial charge >= 0.3 is 0 Å². The summed E-state index contributed by atoms with van der Waals surface area (Å²) in [7, 11) is -2.21. The van der Waals surface area contributed by atoms with E-state index in [-0.39, 0.29) is 10.8 Å². The normalized spacial score (nSPS) is 14.1. The number of rotatable bonds is 8. The van der Waals surface area contributed by atoms with E-state index in [0.29, 0.717) is 22.7 Å². The van der Waals surface area contributed by atoms with Gasteiger partial charge in [0.15, 0.2) is 0 Å². The van der Waals surface area contributed by atoms with Crippen LogP contribution in [0.2, 0.25) is 0 Å². The highest BCUT2D eigenvalue weighted by Gasteiger charge is 2.15. The van der Waals surface area contributed by atoms with Crippen LogP contribution in [-0.2, 0) is 16.6 Å².